The number of rotatable bonds is 8. The fraction of sp³-hybridized carbons (Fsp3) is 0.696. The molecule has 162 valence electrons. The van der Waals surface area contributed by atoms with Gasteiger partial charge < -0.3 is 20.1 Å². The molecule has 1 aromatic rings. The lowest BCUT2D eigenvalue weighted by atomic mass is 9.96. The molecule has 2 aliphatic heterocycles. The zero-order chi connectivity index (χ0) is 20.5. The van der Waals surface area contributed by atoms with Crippen LogP contribution in [-0.4, -0.2) is 62.9 Å². The SMILES string of the molecule is CCNC(=NCC1(C)CCCO1)NCC1CCN(Cc2ccc(OC)cc2)CC1. The maximum Gasteiger partial charge on any atom is 0.191 e. The van der Waals surface area contributed by atoms with Crippen molar-refractivity contribution in [2.45, 2.75) is 51.7 Å². The second-order valence-electron chi connectivity index (χ2n) is 8.55. The molecule has 6 heteroatoms. The topological polar surface area (TPSA) is 58.1 Å². The van der Waals surface area contributed by atoms with Crippen LogP contribution in [0.1, 0.15) is 45.1 Å². The van der Waals surface area contributed by atoms with Gasteiger partial charge in [0, 0.05) is 26.2 Å². The molecular weight excluding hydrogens is 364 g/mol. The standard InChI is InChI=1S/C23H38N4O2/c1-4-24-22(26-18-23(2)12-5-15-29-23)25-16-19-10-13-27(14-11-19)17-20-6-8-21(28-3)9-7-20/h6-9,19H,4-5,10-18H2,1-3H3,(H2,24,25,26). The van der Waals surface area contributed by atoms with Crippen LogP contribution in [0.25, 0.3) is 0 Å². The van der Waals surface area contributed by atoms with Crippen LogP contribution in [0.4, 0.5) is 0 Å². The lowest BCUT2D eigenvalue weighted by Crippen LogP contribution is -2.43. The van der Waals surface area contributed by atoms with Crippen molar-refractivity contribution in [2.75, 3.05) is 46.4 Å². The summed E-state index contributed by atoms with van der Waals surface area (Å²) in [7, 11) is 1.71. The third kappa shape index (κ3) is 6.89. The second kappa shape index (κ2) is 10.8. The van der Waals surface area contributed by atoms with E-state index in [9.17, 15) is 0 Å². The summed E-state index contributed by atoms with van der Waals surface area (Å²) in [5.74, 6) is 2.54. The van der Waals surface area contributed by atoms with E-state index < -0.39 is 0 Å². The maximum atomic E-state index is 5.86. The number of likely N-dealkylation sites (tertiary alicyclic amines) is 1. The summed E-state index contributed by atoms with van der Waals surface area (Å²) in [6, 6.07) is 8.43. The minimum absolute atomic E-state index is 0.0881. The average molecular weight is 403 g/mol. The minimum atomic E-state index is -0.0881. The molecule has 3 rings (SSSR count). The molecule has 2 heterocycles. The first-order chi connectivity index (χ1) is 14.1. The van der Waals surface area contributed by atoms with E-state index in [2.05, 4.69) is 41.5 Å². The maximum absolute atomic E-state index is 5.86. The lowest BCUT2D eigenvalue weighted by molar-refractivity contribution is 0.0283. The fourth-order valence-corrected chi connectivity index (χ4v) is 4.13. The number of nitrogens with zero attached hydrogens (tertiary/aromatic N) is 2. The first kappa shape index (κ1) is 21.9. The molecule has 0 aromatic heterocycles. The van der Waals surface area contributed by atoms with Crippen molar-refractivity contribution < 1.29 is 9.47 Å². The number of benzene rings is 1. The number of hydrogen-bond acceptors (Lipinski definition) is 4. The monoisotopic (exact) mass is 402 g/mol. The molecule has 2 N–H and O–H groups in total. The van der Waals surface area contributed by atoms with Gasteiger partial charge in [0.2, 0.25) is 0 Å². The fourth-order valence-electron chi connectivity index (χ4n) is 4.13. The molecule has 0 amide bonds. The Labute approximate surface area is 176 Å². The molecule has 2 saturated heterocycles. The summed E-state index contributed by atoms with van der Waals surface area (Å²) in [6.45, 7) is 11.1. The highest BCUT2D eigenvalue weighted by atomic mass is 16.5. The molecule has 0 aliphatic carbocycles. The van der Waals surface area contributed by atoms with Crippen molar-refractivity contribution in [2.24, 2.45) is 10.9 Å². The Kier molecular flexibility index (Phi) is 8.19. The predicted molar refractivity (Wildman–Crippen MR) is 119 cm³/mol. The van der Waals surface area contributed by atoms with Gasteiger partial charge in [0.15, 0.2) is 5.96 Å². The van der Waals surface area contributed by atoms with E-state index in [0.717, 1.165) is 70.4 Å². The van der Waals surface area contributed by atoms with E-state index in [0.29, 0.717) is 5.92 Å². The quantitative estimate of drug-likeness (QED) is 0.517. The van der Waals surface area contributed by atoms with Gasteiger partial charge in [-0.2, -0.15) is 0 Å². The second-order valence-corrected chi connectivity index (χ2v) is 8.55. The van der Waals surface area contributed by atoms with E-state index in [1.807, 2.05) is 12.1 Å². The molecule has 2 fully saturated rings. The van der Waals surface area contributed by atoms with Crippen molar-refractivity contribution in [3.63, 3.8) is 0 Å². The smallest absolute Gasteiger partial charge is 0.191 e. The molecule has 1 unspecified atom stereocenters. The Hall–Kier alpha value is -1.79. The predicted octanol–water partition coefficient (Wildman–Crippen LogP) is 3.03. The van der Waals surface area contributed by atoms with Crippen LogP contribution in [-0.2, 0) is 11.3 Å². The zero-order valence-corrected chi connectivity index (χ0v) is 18.4. The van der Waals surface area contributed by atoms with Crippen LogP contribution >= 0.6 is 0 Å². The summed E-state index contributed by atoms with van der Waals surface area (Å²) in [5, 5.41) is 6.94. The highest BCUT2D eigenvalue weighted by Crippen LogP contribution is 2.25. The van der Waals surface area contributed by atoms with Gasteiger partial charge >= 0.3 is 0 Å². The van der Waals surface area contributed by atoms with Crippen LogP contribution in [0.3, 0.4) is 0 Å². The Morgan fingerprint density at radius 1 is 1.24 bits per heavy atom. The van der Waals surface area contributed by atoms with Crippen molar-refractivity contribution in [1.82, 2.24) is 15.5 Å². The molecular formula is C23H38N4O2. The molecule has 29 heavy (non-hydrogen) atoms. The minimum Gasteiger partial charge on any atom is -0.497 e. The van der Waals surface area contributed by atoms with Gasteiger partial charge in [-0.3, -0.25) is 9.89 Å². The van der Waals surface area contributed by atoms with Gasteiger partial charge in [-0.05, 0) is 76.2 Å². The molecule has 1 aromatic carbocycles. The lowest BCUT2D eigenvalue weighted by Gasteiger charge is -2.32. The molecule has 6 nitrogen and oxygen atoms in total. The molecule has 0 bridgehead atoms. The summed E-state index contributed by atoms with van der Waals surface area (Å²) in [5.41, 5.74) is 1.27. The van der Waals surface area contributed by atoms with Crippen LogP contribution in [0, 0.1) is 5.92 Å². The zero-order valence-electron chi connectivity index (χ0n) is 18.4. The number of guanidine groups is 1. The number of nitrogens with one attached hydrogen (secondary N) is 2. The molecule has 0 radical (unpaired) electrons. The number of methoxy groups -OCH3 is 1. The van der Waals surface area contributed by atoms with Crippen molar-refractivity contribution >= 4 is 5.96 Å². The molecule has 1 atom stereocenters. The average Bonchev–Trinajstić information content (AvgIpc) is 3.18. The van der Waals surface area contributed by atoms with Crippen LogP contribution in [0.5, 0.6) is 5.75 Å². The van der Waals surface area contributed by atoms with Gasteiger partial charge in [0.25, 0.3) is 0 Å². The van der Waals surface area contributed by atoms with E-state index in [-0.39, 0.29) is 5.60 Å². The molecule has 0 saturated carbocycles. The first-order valence-corrected chi connectivity index (χ1v) is 11.1. The van der Waals surface area contributed by atoms with E-state index in [4.69, 9.17) is 14.5 Å². The van der Waals surface area contributed by atoms with Crippen molar-refractivity contribution in [3.8, 4) is 5.75 Å². The van der Waals surface area contributed by atoms with Crippen molar-refractivity contribution in [1.29, 1.82) is 0 Å². The van der Waals surface area contributed by atoms with Gasteiger partial charge in [0.05, 0.1) is 19.3 Å². The summed E-state index contributed by atoms with van der Waals surface area (Å²) < 4.78 is 11.1. The Bertz CT molecular complexity index is 633. The Balaban J connectivity index is 1.40. The Morgan fingerprint density at radius 3 is 2.62 bits per heavy atom. The highest BCUT2D eigenvalue weighted by Gasteiger charge is 2.29. The van der Waals surface area contributed by atoms with Crippen LogP contribution in [0.2, 0.25) is 0 Å². The van der Waals surface area contributed by atoms with Gasteiger partial charge in [-0.1, -0.05) is 12.1 Å². The van der Waals surface area contributed by atoms with E-state index in [1.165, 1.54) is 18.4 Å². The van der Waals surface area contributed by atoms with Crippen LogP contribution in [0.15, 0.2) is 29.3 Å². The van der Waals surface area contributed by atoms with Gasteiger partial charge in [-0.25, -0.2) is 0 Å². The van der Waals surface area contributed by atoms with Gasteiger partial charge in [0.1, 0.15) is 5.75 Å². The van der Waals surface area contributed by atoms with Gasteiger partial charge in [-0.15, -0.1) is 0 Å². The summed E-state index contributed by atoms with van der Waals surface area (Å²) >= 11 is 0. The van der Waals surface area contributed by atoms with Crippen LogP contribution < -0.4 is 15.4 Å². The first-order valence-electron chi connectivity index (χ1n) is 11.1. The largest absolute Gasteiger partial charge is 0.497 e. The summed E-state index contributed by atoms with van der Waals surface area (Å²) in [4.78, 5) is 7.34. The summed E-state index contributed by atoms with van der Waals surface area (Å²) in [6.07, 6.45) is 4.69. The van der Waals surface area contributed by atoms with Crippen molar-refractivity contribution in [3.05, 3.63) is 29.8 Å². The third-order valence-electron chi connectivity index (χ3n) is 6.05. The molecule has 2 aliphatic rings. The number of hydrogen-bond donors (Lipinski definition) is 2. The third-order valence-corrected chi connectivity index (χ3v) is 6.05. The van der Waals surface area contributed by atoms with E-state index in [1.54, 1.807) is 7.11 Å². The normalized spacial score (nSPS) is 23.9. The number of piperidine rings is 1. The Morgan fingerprint density at radius 2 is 2.00 bits per heavy atom. The van der Waals surface area contributed by atoms with E-state index >= 15 is 0 Å². The molecule has 0 spiro atoms. The highest BCUT2D eigenvalue weighted by molar-refractivity contribution is 5.79. The number of ether oxygens (including phenoxy) is 2. The number of aliphatic imine (C=N–C) groups is 1.